The molecule has 0 aromatic rings. The summed E-state index contributed by atoms with van der Waals surface area (Å²) >= 11 is 0. The minimum Gasteiger partial charge on any atom is -0.390 e. The molecule has 1 atom stereocenters. The van der Waals surface area contributed by atoms with Crippen molar-refractivity contribution in [3.05, 3.63) is 0 Å². The van der Waals surface area contributed by atoms with E-state index in [1.807, 2.05) is 6.92 Å². The van der Waals surface area contributed by atoms with E-state index in [0.717, 1.165) is 12.8 Å². The van der Waals surface area contributed by atoms with E-state index in [2.05, 4.69) is 13.8 Å². The van der Waals surface area contributed by atoms with Crippen molar-refractivity contribution in [3.63, 3.8) is 0 Å². The first kappa shape index (κ1) is 30.0. The van der Waals surface area contributed by atoms with Crippen molar-refractivity contribution in [1.29, 1.82) is 0 Å². The Balaban J connectivity index is -0.00000242. The van der Waals surface area contributed by atoms with Crippen LogP contribution in [0.15, 0.2) is 0 Å². The second-order valence-corrected chi connectivity index (χ2v) is 7.90. The maximum Gasteiger partial charge on any atom is 0.0617 e. The Kier molecular flexibility index (Phi) is 26.7. The molecule has 0 saturated heterocycles. The SMILES string of the molecule is CCCCCCCCCCCCCCCCCCC(C)(O)CC.Cl.N. The van der Waals surface area contributed by atoms with E-state index in [9.17, 15) is 5.11 Å². The van der Waals surface area contributed by atoms with Gasteiger partial charge in [-0.15, -0.1) is 12.4 Å². The van der Waals surface area contributed by atoms with Crippen molar-refractivity contribution >= 4 is 12.4 Å². The van der Waals surface area contributed by atoms with Gasteiger partial charge >= 0.3 is 0 Å². The van der Waals surface area contributed by atoms with Crippen LogP contribution >= 0.6 is 12.4 Å². The highest BCUT2D eigenvalue weighted by Gasteiger charge is 2.15. The molecule has 0 amide bonds. The quantitative estimate of drug-likeness (QED) is 0.235. The Hall–Kier alpha value is 0.210. The van der Waals surface area contributed by atoms with Crippen LogP contribution in [0, 0.1) is 0 Å². The molecule has 3 heteroatoms. The molecule has 25 heavy (non-hydrogen) atoms. The van der Waals surface area contributed by atoms with Gasteiger partial charge in [0.25, 0.3) is 0 Å². The van der Waals surface area contributed by atoms with Crippen LogP contribution < -0.4 is 6.15 Å². The molecule has 0 aliphatic carbocycles. The van der Waals surface area contributed by atoms with E-state index in [4.69, 9.17) is 0 Å². The third-order valence-electron chi connectivity index (χ3n) is 5.33. The molecule has 0 aromatic heterocycles. The molecule has 0 rings (SSSR count). The van der Waals surface area contributed by atoms with Crippen molar-refractivity contribution < 1.29 is 5.11 Å². The van der Waals surface area contributed by atoms with Crippen molar-refractivity contribution in [1.82, 2.24) is 6.15 Å². The van der Waals surface area contributed by atoms with Crippen LogP contribution in [-0.4, -0.2) is 10.7 Å². The zero-order chi connectivity index (χ0) is 17.2. The first-order valence-electron chi connectivity index (χ1n) is 10.8. The van der Waals surface area contributed by atoms with Crippen LogP contribution in [0.25, 0.3) is 0 Å². The van der Waals surface area contributed by atoms with E-state index in [1.54, 1.807) is 0 Å². The Labute approximate surface area is 165 Å². The fraction of sp³-hybridized carbons (Fsp3) is 1.00. The van der Waals surface area contributed by atoms with Gasteiger partial charge in [0.1, 0.15) is 0 Å². The number of unbranched alkanes of at least 4 members (excludes halogenated alkanes) is 15. The highest BCUT2D eigenvalue weighted by Crippen LogP contribution is 2.19. The molecule has 0 aliphatic heterocycles. The molecule has 0 aliphatic rings. The largest absolute Gasteiger partial charge is 0.390 e. The third-order valence-corrected chi connectivity index (χ3v) is 5.33. The number of rotatable bonds is 18. The first-order valence-corrected chi connectivity index (χ1v) is 10.8. The number of hydrogen-bond donors (Lipinski definition) is 2. The predicted molar refractivity (Wildman–Crippen MR) is 117 cm³/mol. The van der Waals surface area contributed by atoms with Gasteiger partial charge in [-0.3, -0.25) is 0 Å². The van der Waals surface area contributed by atoms with E-state index >= 15 is 0 Å². The van der Waals surface area contributed by atoms with Gasteiger partial charge in [-0.05, 0) is 19.8 Å². The minimum atomic E-state index is -0.421. The molecule has 0 bridgehead atoms. The molecule has 0 radical (unpaired) electrons. The third kappa shape index (κ3) is 24.2. The Morgan fingerprint density at radius 3 is 1.12 bits per heavy atom. The predicted octanol–water partition coefficient (Wildman–Crippen LogP) is 8.38. The van der Waals surface area contributed by atoms with Gasteiger partial charge in [-0.1, -0.05) is 117 Å². The van der Waals surface area contributed by atoms with Gasteiger partial charge in [-0.2, -0.15) is 0 Å². The summed E-state index contributed by atoms with van der Waals surface area (Å²) in [5.74, 6) is 0. The lowest BCUT2D eigenvalue weighted by Gasteiger charge is -2.20. The average Bonchev–Trinajstić information content (AvgIpc) is 2.54. The minimum absolute atomic E-state index is 0. The molecule has 0 spiro atoms. The zero-order valence-electron chi connectivity index (χ0n) is 17.8. The number of aliphatic hydroxyl groups is 1. The van der Waals surface area contributed by atoms with E-state index in [-0.39, 0.29) is 18.6 Å². The molecule has 2 nitrogen and oxygen atoms in total. The van der Waals surface area contributed by atoms with Crippen molar-refractivity contribution in [2.75, 3.05) is 0 Å². The first-order chi connectivity index (χ1) is 11.1. The Morgan fingerprint density at radius 1 is 0.560 bits per heavy atom. The molecule has 4 N–H and O–H groups in total. The Morgan fingerprint density at radius 2 is 0.840 bits per heavy atom. The normalized spacial score (nSPS) is 13.0. The maximum absolute atomic E-state index is 9.94. The van der Waals surface area contributed by atoms with Gasteiger partial charge in [0, 0.05) is 0 Å². The van der Waals surface area contributed by atoms with Crippen molar-refractivity contribution in [2.24, 2.45) is 0 Å². The summed E-state index contributed by atoms with van der Waals surface area (Å²) in [5, 5.41) is 9.94. The van der Waals surface area contributed by atoms with Crippen molar-refractivity contribution in [3.8, 4) is 0 Å². The smallest absolute Gasteiger partial charge is 0.0617 e. The highest BCUT2D eigenvalue weighted by atomic mass is 35.5. The lowest BCUT2D eigenvalue weighted by atomic mass is 9.95. The standard InChI is InChI=1S/C22H46O.ClH.H3N/c1-4-6-7-8-9-10-11-12-13-14-15-16-17-18-19-20-21-22(3,23)5-2;;/h23H,4-21H2,1-3H3;1H;1H3. The molecular weight excluding hydrogens is 330 g/mol. The fourth-order valence-electron chi connectivity index (χ4n) is 3.23. The van der Waals surface area contributed by atoms with Crippen LogP contribution in [0.4, 0.5) is 0 Å². The molecule has 0 aromatic carbocycles. The van der Waals surface area contributed by atoms with Crippen molar-refractivity contribution in [2.45, 2.75) is 142 Å². The summed E-state index contributed by atoms with van der Waals surface area (Å²) in [6, 6.07) is 0. The maximum atomic E-state index is 9.94. The molecule has 156 valence electrons. The molecule has 1 unspecified atom stereocenters. The van der Waals surface area contributed by atoms with Gasteiger partial charge in [0.15, 0.2) is 0 Å². The van der Waals surface area contributed by atoms with Crippen LogP contribution in [0.5, 0.6) is 0 Å². The van der Waals surface area contributed by atoms with Crippen LogP contribution in [-0.2, 0) is 0 Å². The highest BCUT2D eigenvalue weighted by molar-refractivity contribution is 5.85. The average molecular weight is 380 g/mol. The molecular formula is C22H50ClNO. The zero-order valence-corrected chi connectivity index (χ0v) is 18.6. The summed E-state index contributed by atoms with van der Waals surface area (Å²) in [7, 11) is 0. The van der Waals surface area contributed by atoms with Gasteiger partial charge in [0.2, 0.25) is 0 Å². The van der Waals surface area contributed by atoms with Gasteiger partial charge in [-0.25, -0.2) is 0 Å². The monoisotopic (exact) mass is 379 g/mol. The van der Waals surface area contributed by atoms with Crippen LogP contribution in [0.3, 0.4) is 0 Å². The second kappa shape index (κ2) is 22.3. The topological polar surface area (TPSA) is 55.2 Å². The molecule has 0 heterocycles. The summed E-state index contributed by atoms with van der Waals surface area (Å²) in [6.45, 7) is 6.34. The lowest BCUT2D eigenvalue weighted by molar-refractivity contribution is 0.0442. The Bertz CT molecular complexity index is 234. The lowest BCUT2D eigenvalue weighted by Crippen LogP contribution is -2.22. The van der Waals surface area contributed by atoms with E-state index < -0.39 is 5.60 Å². The summed E-state index contributed by atoms with van der Waals surface area (Å²) in [5.41, 5.74) is -0.421. The van der Waals surface area contributed by atoms with Crippen LogP contribution in [0.2, 0.25) is 0 Å². The fourth-order valence-corrected chi connectivity index (χ4v) is 3.23. The summed E-state index contributed by atoms with van der Waals surface area (Å²) < 4.78 is 0. The van der Waals surface area contributed by atoms with Gasteiger partial charge < -0.3 is 11.3 Å². The van der Waals surface area contributed by atoms with E-state index in [1.165, 1.54) is 103 Å². The number of halogens is 1. The molecule has 0 fully saturated rings. The second-order valence-electron chi connectivity index (χ2n) is 7.90. The summed E-state index contributed by atoms with van der Waals surface area (Å²) in [4.78, 5) is 0. The number of hydrogen-bond acceptors (Lipinski definition) is 2. The van der Waals surface area contributed by atoms with Crippen LogP contribution in [0.1, 0.15) is 136 Å². The van der Waals surface area contributed by atoms with Gasteiger partial charge in [0.05, 0.1) is 5.60 Å². The summed E-state index contributed by atoms with van der Waals surface area (Å²) in [6.07, 6.45) is 24.4. The molecule has 0 saturated carbocycles. The van der Waals surface area contributed by atoms with E-state index in [0.29, 0.717) is 0 Å².